The predicted octanol–water partition coefficient (Wildman–Crippen LogP) is 1.71. The van der Waals surface area contributed by atoms with Crippen LogP contribution in [0.15, 0.2) is 15.7 Å². The maximum Gasteiger partial charge on any atom is 0.351 e. The molecule has 0 amide bonds. The monoisotopic (exact) mass is 339 g/mol. The first-order valence-electron chi connectivity index (χ1n) is 7.59. The second-order valence-electron chi connectivity index (χ2n) is 5.98. The molecule has 1 aromatic carbocycles. The fourth-order valence-electron chi connectivity index (χ4n) is 3.40. The van der Waals surface area contributed by atoms with Crippen LogP contribution in [0.5, 0.6) is 5.75 Å². The average Bonchev–Trinajstić information content (AvgIpc) is 3.02. The summed E-state index contributed by atoms with van der Waals surface area (Å²) < 4.78 is 23.9. The van der Waals surface area contributed by atoms with Gasteiger partial charge in [0.05, 0.1) is 10.7 Å². The summed E-state index contributed by atoms with van der Waals surface area (Å²) in [5, 5.41) is 0.155. The minimum atomic E-state index is -0.686. The summed E-state index contributed by atoms with van der Waals surface area (Å²) >= 11 is 6.04. The van der Waals surface area contributed by atoms with Crippen LogP contribution in [0.1, 0.15) is 25.3 Å². The van der Waals surface area contributed by atoms with E-state index in [9.17, 15) is 14.0 Å². The van der Waals surface area contributed by atoms with Crippen molar-refractivity contribution in [2.75, 3.05) is 0 Å². The fourth-order valence-corrected chi connectivity index (χ4v) is 3.65. The highest BCUT2D eigenvalue weighted by Crippen LogP contribution is 2.40. The molecule has 2 aromatic rings. The molecule has 1 aromatic heterocycles. The largest absolute Gasteiger partial charge is 0.488 e. The van der Waals surface area contributed by atoms with Crippen LogP contribution < -0.4 is 16.1 Å². The molecule has 0 spiro atoms. The molecule has 0 aliphatic carbocycles. The van der Waals surface area contributed by atoms with Gasteiger partial charge in [0.1, 0.15) is 17.7 Å². The lowest BCUT2D eigenvalue weighted by Gasteiger charge is -2.13. The van der Waals surface area contributed by atoms with E-state index in [1.165, 1.54) is 9.36 Å². The second-order valence-corrected chi connectivity index (χ2v) is 6.39. The highest BCUT2D eigenvalue weighted by Gasteiger charge is 2.31. The Morgan fingerprint density at radius 1 is 1.22 bits per heavy atom. The molecule has 8 heteroatoms. The lowest BCUT2D eigenvalue weighted by atomic mass is 10.1. The van der Waals surface area contributed by atoms with Gasteiger partial charge in [-0.2, -0.15) is 0 Å². The lowest BCUT2D eigenvalue weighted by molar-refractivity contribution is 0.255. The molecule has 0 radical (unpaired) electrons. The number of hydrogen-bond acceptors (Lipinski definition) is 3. The third-order valence-corrected chi connectivity index (χ3v) is 4.68. The van der Waals surface area contributed by atoms with Crippen molar-refractivity contribution in [1.82, 2.24) is 13.9 Å². The van der Waals surface area contributed by atoms with Crippen molar-refractivity contribution in [1.29, 1.82) is 0 Å². The molecule has 0 N–H and O–H groups in total. The fraction of sp³-hybridized carbons (Fsp3) is 0.467. The summed E-state index contributed by atoms with van der Waals surface area (Å²) in [6.45, 7) is 2.76. The standard InChI is InChI=1S/C15H15ClFN3O3/c1-8-6-9-12(11(17)7-10(16)13(9)23-8)20-14(21)18-4-2-3-5-19(18)15(20)22/h7-8H,2-6H2,1H3. The number of ether oxygens (including phenoxy) is 1. The quantitative estimate of drug-likeness (QED) is 0.794. The van der Waals surface area contributed by atoms with Crippen molar-refractivity contribution in [3.05, 3.63) is 43.4 Å². The normalized spacial score (nSPS) is 19.3. The Balaban J connectivity index is 2.05. The van der Waals surface area contributed by atoms with Crippen LogP contribution in [0.2, 0.25) is 5.02 Å². The topological polar surface area (TPSA) is 58.2 Å². The summed E-state index contributed by atoms with van der Waals surface area (Å²) in [5.41, 5.74) is -0.584. The molecule has 1 unspecified atom stereocenters. The Labute approximate surface area is 135 Å². The average molecular weight is 340 g/mol. The van der Waals surface area contributed by atoms with Crippen molar-refractivity contribution in [2.45, 2.75) is 45.4 Å². The van der Waals surface area contributed by atoms with E-state index in [4.69, 9.17) is 16.3 Å². The Kier molecular flexibility index (Phi) is 3.16. The predicted molar refractivity (Wildman–Crippen MR) is 82.3 cm³/mol. The summed E-state index contributed by atoms with van der Waals surface area (Å²) in [6, 6.07) is 1.10. The zero-order valence-corrected chi connectivity index (χ0v) is 13.3. The van der Waals surface area contributed by atoms with Crippen molar-refractivity contribution >= 4 is 11.6 Å². The Morgan fingerprint density at radius 3 is 2.43 bits per heavy atom. The van der Waals surface area contributed by atoms with E-state index in [2.05, 4.69) is 0 Å². The first-order valence-corrected chi connectivity index (χ1v) is 7.97. The van der Waals surface area contributed by atoms with Gasteiger partial charge in [0.15, 0.2) is 0 Å². The minimum absolute atomic E-state index is 0.0295. The summed E-state index contributed by atoms with van der Waals surface area (Å²) in [6.07, 6.45) is 1.87. The SMILES string of the molecule is CC1Cc2c(c(Cl)cc(F)c2-n2c(=O)n3n(c2=O)CCCC3)O1. The van der Waals surface area contributed by atoms with E-state index in [1.807, 2.05) is 6.92 Å². The molecule has 2 aliphatic heterocycles. The third-order valence-electron chi connectivity index (χ3n) is 4.40. The molecule has 0 fully saturated rings. The van der Waals surface area contributed by atoms with E-state index in [0.717, 1.165) is 23.5 Å². The second kappa shape index (κ2) is 4.99. The number of hydrogen-bond donors (Lipinski definition) is 0. The van der Waals surface area contributed by atoms with E-state index >= 15 is 0 Å². The van der Waals surface area contributed by atoms with E-state index in [-0.39, 0.29) is 16.8 Å². The zero-order chi connectivity index (χ0) is 16.3. The molecule has 122 valence electrons. The van der Waals surface area contributed by atoms with Gasteiger partial charge in [-0.3, -0.25) is 0 Å². The highest BCUT2D eigenvalue weighted by atomic mass is 35.5. The van der Waals surface area contributed by atoms with Gasteiger partial charge >= 0.3 is 11.4 Å². The van der Waals surface area contributed by atoms with Gasteiger partial charge in [0.25, 0.3) is 0 Å². The summed E-state index contributed by atoms with van der Waals surface area (Å²) in [7, 11) is 0. The van der Waals surface area contributed by atoms with Crippen LogP contribution >= 0.6 is 11.6 Å². The number of rotatable bonds is 1. The first kappa shape index (κ1) is 14.6. The molecule has 2 aliphatic rings. The molecule has 1 atom stereocenters. The third kappa shape index (κ3) is 1.99. The molecule has 0 saturated heterocycles. The summed E-state index contributed by atoms with van der Waals surface area (Å²) in [4.78, 5) is 25.2. The number of aromatic nitrogens is 3. The number of halogens is 2. The molecule has 6 nitrogen and oxygen atoms in total. The maximum absolute atomic E-state index is 14.6. The van der Waals surface area contributed by atoms with Gasteiger partial charge in [-0.25, -0.2) is 27.9 Å². The maximum atomic E-state index is 14.6. The molecule has 3 heterocycles. The van der Waals surface area contributed by atoms with Gasteiger partial charge < -0.3 is 4.74 Å². The van der Waals surface area contributed by atoms with Crippen molar-refractivity contribution in [3.8, 4) is 11.4 Å². The highest BCUT2D eigenvalue weighted by molar-refractivity contribution is 6.32. The molecular formula is C15H15ClFN3O3. The van der Waals surface area contributed by atoms with Gasteiger partial charge in [-0.15, -0.1) is 0 Å². The first-order chi connectivity index (χ1) is 11.0. The van der Waals surface area contributed by atoms with Crippen molar-refractivity contribution in [3.63, 3.8) is 0 Å². The van der Waals surface area contributed by atoms with Crippen molar-refractivity contribution in [2.24, 2.45) is 0 Å². The van der Waals surface area contributed by atoms with Crippen molar-refractivity contribution < 1.29 is 9.13 Å². The van der Waals surface area contributed by atoms with Crippen LogP contribution in [-0.4, -0.2) is 20.0 Å². The van der Waals surface area contributed by atoms with Crippen LogP contribution in [-0.2, 0) is 19.5 Å². The van der Waals surface area contributed by atoms with E-state index in [0.29, 0.717) is 30.8 Å². The van der Waals surface area contributed by atoms with Crippen LogP contribution in [0.3, 0.4) is 0 Å². The van der Waals surface area contributed by atoms with E-state index < -0.39 is 17.2 Å². The zero-order valence-electron chi connectivity index (χ0n) is 12.5. The number of benzene rings is 1. The Hall–Kier alpha value is -2.02. The molecule has 0 bridgehead atoms. The molecule has 0 saturated carbocycles. The molecular weight excluding hydrogens is 325 g/mol. The number of fused-ring (bicyclic) bond motifs is 2. The Bertz CT molecular complexity index is 890. The lowest BCUT2D eigenvalue weighted by Crippen LogP contribution is -2.30. The Morgan fingerprint density at radius 2 is 1.83 bits per heavy atom. The van der Waals surface area contributed by atoms with Gasteiger partial charge in [-0.05, 0) is 25.8 Å². The molecule has 4 rings (SSSR count). The van der Waals surface area contributed by atoms with Gasteiger partial charge in [0, 0.05) is 25.1 Å². The van der Waals surface area contributed by atoms with E-state index in [1.54, 1.807) is 0 Å². The minimum Gasteiger partial charge on any atom is -0.488 e. The molecule has 23 heavy (non-hydrogen) atoms. The smallest absolute Gasteiger partial charge is 0.351 e. The van der Waals surface area contributed by atoms with Gasteiger partial charge in [-0.1, -0.05) is 11.6 Å². The summed E-state index contributed by atoms with van der Waals surface area (Å²) in [5.74, 6) is -0.328. The number of nitrogens with zero attached hydrogens (tertiary/aromatic N) is 3. The van der Waals surface area contributed by atoms with Gasteiger partial charge in [0.2, 0.25) is 0 Å². The van der Waals surface area contributed by atoms with Crippen LogP contribution in [0.25, 0.3) is 5.69 Å². The van der Waals surface area contributed by atoms with Crippen LogP contribution in [0.4, 0.5) is 4.39 Å². The van der Waals surface area contributed by atoms with Crippen LogP contribution in [0, 0.1) is 5.82 Å².